The molecular formula is C25H25N3O4S. The molecule has 0 radical (unpaired) electrons. The second kappa shape index (κ2) is 8.75. The van der Waals surface area contributed by atoms with E-state index in [-0.39, 0.29) is 16.2 Å². The van der Waals surface area contributed by atoms with Gasteiger partial charge in [-0.05, 0) is 62.1 Å². The van der Waals surface area contributed by atoms with Crippen LogP contribution in [-0.2, 0) is 10.0 Å². The molecule has 1 saturated carbocycles. The van der Waals surface area contributed by atoms with Gasteiger partial charge in [0.15, 0.2) is 0 Å². The molecule has 1 aliphatic rings. The van der Waals surface area contributed by atoms with Crippen molar-refractivity contribution < 1.29 is 17.9 Å². The lowest BCUT2D eigenvalue weighted by atomic mass is 10.1. The van der Waals surface area contributed by atoms with Gasteiger partial charge in [-0.15, -0.1) is 0 Å². The number of rotatable bonds is 8. The minimum Gasteiger partial charge on any atom is -0.493 e. The molecule has 0 unspecified atom stereocenters. The number of benzene rings is 2. The molecular weight excluding hydrogens is 438 g/mol. The summed E-state index contributed by atoms with van der Waals surface area (Å²) in [5.41, 5.74) is 1.01. The highest BCUT2D eigenvalue weighted by atomic mass is 32.2. The van der Waals surface area contributed by atoms with E-state index in [1.54, 1.807) is 49.3 Å². The molecule has 2 aromatic carbocycles. The number of nitrogens with zero attached hydrogens (tertiary/aromatic N) is 3. The molecule has 0 saturated heterocycles. The number of nitriles is 1. The predicted octanol–water partition coefficient (Wildman–Crippen LogP) is 4.13. The highest BCUT2D eigenvalue weighted by Gasteiger charge is 2.28. The van der Waals surface area contributed by atoms with Gasteiger partial charge < -0.3 is 9.64 Å². The first-order valence-electron chi connectivity index (χ1n) is 10.6. The molecule has 33 heavy (non-hydrogen) atoms. The minimum atomic E-state index is -4.11. The Morgan fingerprint density at radius 1 is 1.18 bits per heavy atom. The van der Waals surface area contributed by atoms with Crippen LogP contribution in [0.1, 0.15) is 28.9 Å². The average molecular weight is 464 g/mol. The Hall–Kier alpha value is -3.57. The fourth-order valence-corrected chi connectivity index (χ4v) is 5.03. The number of carbonyl (C=O) groups excluding carboxylic acids is 1. The van der Waals surface area contributed by atoms with E-state index in [2.05, 4.69) is 0 Å². The topological polar surface area (TPSA) is 92.4 Å². The molecule has 4 rings (SSSR count). The quantitative estimate of drug-likeness (QED) is 0.283. The molecule has 1 aromatic heterocycles. The maximum Gasteiger partial charge on any atom is 0.268 e. The van der Waals surface area contributed by atoms with Gasteiger partial charge in [-0.2, -0.15) is 5.26 Å². The van der Waals surface area contributed by atoms with E-state index in [0.717, 1.165) is 22.4 Å². The zero-order chi connectivity index (χ0) is 23.8. The van der Waals surface area contributed by atoms with Gasteiger partial charge in [-0.1, -0.05) is 17.7 Å². The maximum atomic E-state index is 13.7. The highest BCUT2D eigenvalue weighted by molar-refractivity contribution is 7.90. The van der Waals surface area contributed by atoms with Gasteiger partial charge in [-0.3, -0.25) is 4.79 Å². The zero-order valence-corrected chi connectivity index (χ0v) is 19.6. The Morgan fingerprint density at radius 3 is 2.48 bits per heavy atom. The van der Waals surface area contributed by atoms with Gasteiger partial charge in [0.1, 0.15) is 23.1 Å². The summed E-state index contributed by atoms with van der Waals surface area (Å²) in [6.45, 7) is 2.48. The Labute approximate surface area is 193 Å². The third kappa shape index (κ3) is 4.64. The molecule has 170 valence electrons. The molecule has 8 heteroatoms. The van der Waals surface area contributed by atoms with E-state index in [1.807, 2.05) is 13.0 Å². The van der Waals surface area contributed by atoms with E-state index < -0.39 is 15.8 Å². The van der Waals surface area contributed by atoms with Gasteiger partial charge in [0.25, 0.3) is 10.0 Å². The first-order valence-corrected chi connectivity index (χ1v) is 12.1. The van der Waals surface area contributed by atoms with E-state index in [1.165, 1.54) is 24.4 Å². The van der Waals surface area contributed by atoms with Crippen LogP contribution in [0.2, 0.25) is 0 Å². The fraction of sp³-hybridized carbons (Fsp3) is 0.280. The van der Waals surface area contributed by atoms with Crippen LogP contribution in [0, 0.1) is 24.2 Å². The van der Waals surface area contributed by atoms with Gasteiger partial charge in [0.2, 0.25) is 5.78 Å². The summed E-state index contributed by atoms with van der Waals surface area (Å²) >= 11 is 0. The first kappa shape index (κ1) is 22.6. The predicted molar refractivity (Wildman–Crippen MR) is 126 cm³/mol. The van der Waals surface area contributed by atoms with Gasteiger partial charge in [0.05, 0.1) is 17.0 Å². The summed E-state index contributed by atoms with van der Waals surface area (Å²) in [5, 5.41) is 10.1. The van der Waals surface area contributed by atoms with Crippen LogP contribution < -0.4 is 4.74 Å². The van der Waals surface area contributed by atoms with Crippen LogP contribution in [0.25, 0.3) is 10.9 Å². The standard InChI is InChI=1S/C25H25N3O4S/c1-17-4-9-22(10-5-17)33(30,31)28-23-11-8-21(32-16-18-6-7-18)12-19(23)13-24(28)25(29)20(14-26)15-27(2)3/h4-5,8-13,15,18H,6-7,16H2,1-3H3. The van der Waals surface area contributed by atoms with Crippen molar-refractivity contribution in [2.75, 3.05) is 20.7 Å². The van der Waals surface area contributed by atoms with Crippen LogP contribution in [-0.4, -0.2) is 43.8 Å². The van der Waals surface area contributed by atoms with Gasteiger partial charge >= 0.3 is 0 Å². The zero-order valence-electron chi connectivity index (χ0n) is 18.8. The van der Waals surface area contributed by atoms with Crippen molar-refractivity contribution in [2.24, 2.45) is 5.92 Å². The number of fused-ring (bicyclic) bond motifs is 1. The van der Waals surface area contributed by atoms with Crippen LogP contribution in [0.3, 0.4) is 0 Å². The summed E-state index contributed by atoms with van der Waals surface area (Å²) in [4.78, 5) is 14.9. The Bertz CT molecular complexity index is 1390. The third-order valence-corrected chi connectivity index (χ3v) is 7.20. The fourth-order valence-electron chi connectivity index (χ4n) is 3.52. The van der Waals surface area contributed by atoms with Crippen molar-refractivity contribution in [3.63, 3.8) is 0 Å². The molecule has 0 bridgehead atoms. The summed E-state index contributed by atoms with van der Waals surface area (Å²) in [5.74, 6) is 0.514. The largest absolute Gasteiger partial charge is 0.493 e. The van der Waals surface area contributed by atoms with E-state index in [4.69, 9.17) is 4.74 Å². The minimum absolute atomic E-state index is 0.0591. The Kier molecular flexibility index (Phi) is 6.00. The lowest BCUT2D eigenvalue weighted by Crippen LogP contribution is -2.20. The molecule has 1 fully saturated rings. The number of aryl methyl sites for hydroxylation is 1. The van der Waals surface area contributed by atoms with Crippen molar-refractivity contribution in [3.8, 4) is 11.8 Å². The number of Topliss-reactive ketones (excluding diaryl/α,β-unsaturated/α-hetero) is 1. The second-order valence-electron chi connectivity index (χ2n) is 8.53. The molecule has 0 spiro atoms. The average Bonchev–Trinajstić information content (AvgIpc) is 3.53. The van der Waals surface area contributed by atoms with Gasteiger partial charge in [-0.25, -0.2) is 12.4 Å². The maximum absolute atomic E-state index is 13.7. The molecule has 0 aliphatic heterocycles. The van der Waals surface area contributed by atoms with Crippen molar-refractivity contribution in [3.05, 3.63) is 71.6 Å². The highest BCUT2D eigenvalue weighted by Crippen LogP contribution is 2.32. The van der Waals surface area contributed by atoms with E-state index in [0.29, 0.717) is 29.2 Å². The molecule has 3 aromatic rings. The number of allylic oxidation sites excluding steroid dienone is 1. The number of carbonyl (C=O) groups is 1. The lowest BCUT2D eigenvalue weighted by Gasteiger charge is -2.12. The smallest absolute Gasteiger partial charge is 0.268 e. The monoisotopic (exact) mass is 463 g/mol. The Morgan fingerprint density at radius 2 is 1.88 bits per heavy atom. The molecule has 7 nitrogen and oxygen atoms in total. The number of aromatic nitrogens is 1. The summed E-state index contributed by atoms with van der Waals surface area (Å²) < 4.78 is 34.2. The first-order chi connectivity index (χ1) is 15.7. The normalized spacial score (nSPS) is 14.2. The van der Waals surface area contributed by atoms with Crippen molar-refractivity contribution in [1.29, 1.82) is 5.26 Å². The summed E-state index contributed by atoms with van der Waals surface area (Å²) in [6.07, 6.45) is 3.69. The number of hydrogen-bond donors (Lipinski definition) is 0. The number of hydrogen-bond acceptors (Lipinski definition) is 6. The van der Waals surface area contributed by atoms with Crippen LogP contribution in [0.5, 0.6) is 5.75 Å². The van der Waals surface area contributed by atoms with Crippen molar-refractivity contribution in [2.45, 2.75) is 24.7 Å². The van der Waals surface area contributed by atoms with Crippen molar-refractivity contribution in [1.82, 2.24) is 8.87 Å². The third-order valence-electron chi connectivity index (χ3n) is 5.46. The molecule has 1 aliphatic carbocycles. The molecule has 0 atom stereocenters. The van der Waals surface area contributed by atoms with Gasteiger partial charge in [0, 0.05) is 25.7 Å². The van der Waals surface area contributed by atoms with E-state index >= 15 is 0 Å². The Balaban J connectivity index is 1.89. The molecule has 0 amide bonds. The molecule has 1 heterocycles. The van der Waals surface area contributed by atoms with Crippen LogP contribution in [0.4, 0.5) is 0 Å². The molecule has 0 N–H and O–H groups in total. The van der Waals surface area contributed by atoms with Crippen LogP contribution >= 0.6 is 0 Å². The second-order valence-corrected chi connectivity index (χ2v) is 10.3. The number of ketones is 1. The van der Waals surface area contributed by atoms with Crippen LogP contribution in [0.15, 0.2) is 65.2 Å². The van der Waals surface area contributed by atoms with E-state index in [9.17, 15) is 18.5 Å². The van der Waals surface area contributed by atoms with Crippen molar-refractivity contribution >= 4 is 26.7 Å². The number of ether oxygens (including phenoxy) is 1. The summed E-state index contributed by atoms with van der Waals surface area (Å²) in [7, 11) is -0.734. The SMILES string of the molecule is Cc1ccc(S(=O)(=O)n2c(C(=O)C(C#N)=CN(C)C)cc3cc(OCC4CC4)ccc32)cc1. The lowest BCUT2D eigenvalue weighted by molar-refractivity contribution is 0.103. The summed E-state index contributed by atoms with van der Waals surface area (Å²) in [6, 6.07) is 14.9.